The fourth-order valence-corrected chi connectivity index (χ4v) is 3.91. The van der Waals surface area contributed by atoms with Crippen LogP contribution in [0.25, 0.3) is 5.76 Å². The first kappa shape index (κ1) is 23.6. The van der Waals surface area contributed by atoms with Crippen LogP contribution in [0, 0.1) is 0 Å². The van der Waals surface area contributed by atoms with Gasteiger partial charge < -0.3 is 19.6 Å². The normalized spacial score (nSPS) is 17.8. The SMILES string of the molecule is C=CCOc1ccc(/C(O)=C2/C(=O)C(=O)N(CCCN(C)C)C2c2cccc(Cl)c2)cc1. The molecule has 1 heterocycles. The van der Waals surface area contributed by atoms with E-state index in [0.717, 1.165) is 6.54 Å². The molecule has 0 saturated carbocycles. The molecule has 1 atom stereocenters. The maximum atomic E-state index is 13.0. The quantitative estimate of drug-likeness (QED) is 0.265. The second kappa shape index (κ2) is 10.5. The molecular weight excluding hydrogens is 428 g/mol. The van der Waals surface area contributed by atoms with E-state index in [1.54, 1.807) is 54.6 Å². The van der Waals surface area contributed by atoms with E-state index in [9.17, 15) is 14.7 Å². The molecule has 1 aliphatic rings. The van der Waals surface area contributed by atoms with E-state index in [4.69, 9.17) is 16.3 Å². The predicted octanol–water partition coefficient (Wildman–Crippen LogP) is 4.28. The molecule has 0 aromatic heterocycles. The highest BCUT2D eigenvalue weighted by Gasteiger charge is 2.45. The first-order valence-electron chi connectivity index (χ1n) is 10.4. The Bertz CT molecular complexity index is 1030. The van der Waals surface area contributed by atoms with Gasteiger partial charge in [-0.3, -0.25) is 9.59 Å². The van der Waals surface area contributed by atoms with Gasteiger partial charge in [0.2, 0.25) is 0 Å². The first-order valence-corrected chi connectivity index (χ1v) is 10.7. The lowest BCUT2D eigenvalue weighted by atomic mass is 9.95. The Balaban J connectivity index is 2.03. The number of hydrogen-bond donors (Lipinski definition) is 1. The Morgan fingerprint density at radius 3 is 2.56 bits per heavy atom. The molecule has 1 unspecified atom stereocenters. The first-order chi connectivity index (χ1) is 15.3. The third kappa shape index (κ3) is 5.21. The number of aliphatic hydroxyl groups excluding tert-OH is 1. The molecule has 0 radical (unpaired) electrons. The molecule has 7 heteroatoms. The zero-order valence-corrected chi connectivity index (χ0v) is 19.0. The van der Waals surface area contributed by atoms with Crippen LogP contribution in [0.15, 0.2) is 66.8 Å². The number of nitrogens with zero attached hydrogens (tertiary/aromatic N) is 2. The molecule has 0 spiro atoms. The van der Waals surface area contributed by atoms with Crippen molar-refractivity contribution in [2.75, 3.05) is 33.8 Å². The third-order valence-electron chi connectivity index (χ3n) is 5.20. The molecule has 1 amide bonds. The van der Waals surface area contributed by atoms with Crippen molar-refractivity contribution in [1.29, 1.82) is 0 Å². The van der Waals surface area contributed by atoms with Crippen molar-refractivity contribution < 1.29 is 19.4 Å². The van der Waals surface area contributed by atoms with E-state index >= 15 is 0 Å². The van der Waals surface area contributed by atoms with Gasteiger partial charge in [-0.25, -0.2) is 0 Å². The van der Waals surface area contributed by atoms with E-state index in [-0.39, 0.29) is 11.3 Å². The molecule has 1 fully saturated rings. The van der Waals surface area contributed by atoms with E-state index in [1.807, 2.05) is 19.0 Å². The molecule has 0 aliphatic carbocycles. The molecular formula is C25H27ClN2O4. The van der Waals surface area contributed by atoms with Crippen molar-refractivity contribution in [1.82, 2.24) is 9.80 Å². The summed E-state index contributed by atoms with van der Waals surface area (Å²) >= 11 is 6.20. The highest BCUT2D eigenvalue weighted by Crippen LogP contribution is 2.40. The van der Waals surface area contributed by atoms with Crippen molar-refractivity contribution in [3.8, 4) is 5.75 Å². The van der Waals surface area contributed by atoms with Crippen molar-refractivity contribution >= 4 is 29.1 Å². The third-order valence-corrected chi connectivity index (χ3v) is 5.44. The number of benzene rings is 2. The zero-order valence-electron chi connectivity index (χ0n) is 18.3. The average molecular weight is 455 g/mol. The molecule has 3 rings (SSSR count). The summed E-state index contributed by atoms with van der Waals surface area (Å²) in [5.41, 5.74) is 1.16. The van der Waals surface area contributed by atoms with Gasteiger partial charge >= 0.3 is 0 Å². The fourth-order valence-electron chi connectivity index (χ4n) is 3.71. The van der Waals surface area contributed by atoms with Gasteiger partial charge in [0, 0.05) is 17.1 Å². The van der Waals surface area contributed by atoms with Crippen molar-refractivity contribution in [2.24, 2.45) is 0 Å². The second-order valence-electron chi connectivity index (χ2n) is 7.83. The topological polar surface area (TPSA) is 70.1 Å². The molecule has 0 bridgehead atoms. The molecule has 1 aliphatic heterocycles. The molecule has 6 nitrogen and oxygen atoms in total. The van der Waals surface area contributed by atoms with Gasteiger partial charge in [0.15, 0.2) is 0 Å². The number of halogens is 1. The number of carbonyl (C=O) groups is 2. The lowest BCUT2D eigenvalue weighted by Crippen LogP contribution is -2.32. The van der Waals surface area contributed by atoms with Crippen LogP contribution < -0.4 is 4.74 Å². The standard InChI is InChI=1S/C25H27ClN2O4/c1-4-15-32-20-11-9-17(10-12-20)23(29)21-22(18-7-5-8-19(26)16-18)28(25(31)24(21)30)14-6-13-27(2)3/h4-5,7-12,16,22,29H,1,6,13-15H2,2-3H3/b23-21-. The Hall–Kier alpha value is -3.09. The van der Waals surface area contributed by atoms with E-state index in [0.29, 0.717) is 41.5 Å². The molecule has 2 aromatic carbocycles. The summed E-state index contributed by atoms with van der Waals surface area (Å²) < 4.78 is 5.47. The zero-order chi connectivity index (χ0) is 23.3. The van der Waals surface area contributed by atoms with Gasteiger partial charge in [-0.2, -0.15) is 0 Å². The summed E-state index contributed by atoms with van der Waals surface area (Å²) in [5, 5.41) is 11.6. The minimum absolute atomic E-state index is 0.0573. The number of Topliss-reactive ketones (excluding diaryl/α,β-unsaturated/α-hetero) is 1. The number of amides is 1. The largest absolute Gasteiger partial charge is 0.507 e. The highest BCUT2D eigenvalue weighted by molar-refractivity contribution is 6.46. The molecule has 32 heavy (non-hydrogen) atoms. The van der Waals surface area contributed by atoms with Gasteiger partial charge in [-0.1, -0.05) is 36.4 Å². The maximum Gasteiger partial charge on any atom is 0.295 e. The Labute approximate surface area is 193 Å². The summed E-state index contributed by atoms with van der Waals surface area (Å²) in [5.74, 6) is -0.943. The lowest BCUT2D eigenvalue weighted by Gasteiger charge is -2.26. The number of ketones is 1. The van der Waals surface area contributed by atoms with Crippen LogP contribution >= 0.6 is 11.6 Å². The smallest absolute Gasteiger partial charge is 0.295 e. The number of likely N-dealkylation sites (tertiary alicyclic amines) is 1. The van der Waals surface area contributed by atoms with Crippen LogP contribution in [-0.2, 0) is 9.59 Å². The van der Waals surface area contributed by atoms with Gasteiger partial charge in [-0.15, -0.1) is 0 Å². The van der Waals surface area contributed by atoms with Crippen LogP contribution in [0.1, 0.15) is 23.6 Å². The monoisotopic (exact) mass is 454 g/mol. The van der Waals surface area contributed by atoms with Crippen LogP contribution in [0.2, 0.25) is 5.02 Å². The minimum atomic E-state index is -0.715. The van der Waals surface area contributed by atoms with Crippen molar-refractivity contribution in [2.45, 2.75) is 12.5 Å². The summed E-state index contributed by atoms with van der Waals surface area (Å²) in [4.78, 5) is 29.5. The van der Waals surface area contributed by atoms with Crippen LogP contribution in [0.3, 0.4) is 0 Å². The summed E-state index contributed by atoms with van der Waals surface area (Å²) in [6.45, 7) is 5.11. The molecule has 168 valence electrons. The van der Waals surface area contributed by atoms with Crippen molar-refractivity contribution in [3.63, 3.8) is 0 Å². The summed E-state index contributed by atoms with van der Waals surface area (Å²) in [6, 6.07) is 13.0. The summed E-state index contributed by atoms with van der Waals surface area (Å²) in [6.07, 6.45) is 2.32. The fraction of sp³-hybridized carbons (Fsp3) is 0.280. The summed E-state index contributed by atoms with van der Waals surface area (Å²) in [7, 11) is 3.90. The van der Waals surface area contributed by atoms with Gasteiger partial charge in [0.25, 0.3) is 11.7 Å². The van der Waals surface area contributed by atoms with Gasteiger partial charge in [0.1, 0.15) is 18.1 Å². The van der Waals surface area contributed by atoms with E-state index < -0.39 is 17.7 Å². The highest BCUT2D eigenvalue weighted by atomic mass is 35.5. The molecule has 1 N–H and O–H groups in total. The van der Waals surface area contributed by atoms with Gasteiger partial charge in [-0.05, 0) is 69.0 Å². The Morgan fingerprint density at radius 1 is 1.22 bits per heavy atom. The number of hydrogen-bond acceptors (Lipinski definition) is 5. The molecule has 2 aromatic rings. The number of carbonyl (C=O) groups excluding carboxylic acids is 2. The van der Waals surface area contributed by atoms with Crippen LogP contribution in [0.5, 0.6) is 5.75 Å². The maximum absolute atomic E-state index is 13.0. The molecule has 1 saturated heterocycles. The Morgan fingerprint density at radius 2 is 1.94 bits per heavy atom. The lowest BCUT2D eigenvalue weighted by molar-refractivity contribution is -0.139. The van der Waals surface area contributed by atoms with Gasteiger partial charge in [0.05, 0.1) is 11.6 Å². The van der Waals surface area contributed by atoms with E-state index in [1.165, 1.54) is 4.90 Å². The van der Waals surface area contributed by atoms with Crippen molar-refractivity contribution in [3.05, 3.63) is 82.9 Å². The number of ether oxygens (including phenoxy) is 1. The number of aliphatic hydroxyl groups is 1. The minimum Gasteiger partial charge on any atom is -0.507 e. The predicted molar refractivity (Wildman–Crippen MR) is 126 cm³/mol. The van der Waals surface area contributed by atoms with Crippen LogP contribution in [-0.4, -0.2) is 60.4 Å². The number of rotatable bonds is 9. The second-order valence-corrected chi connectivity index (χ2v) is 8.26. The van der Waals surface area contributed by atoms with E-state index in [2.05, 4.69) is 6.58 Å². The Kier molecular flexibility index (Phi) is 7.72. The average Bonchev–Trinajstić information content (AvgIpc) is 3.02. The van der Waals surface area contributed by atoms with Crippen LogP contribution in [0.4, 0.5) is 0 Å².